The van der Waals surface area contributed by atoms with Gasteiger partial charge in [-0.2, -0.15) is 10.4 Å². The van der Waals surface area contributed by atoms with Crippen LogP contribution in [0.3, 0.4) is 0 Å². The first kappa shape index (κ1) is 14.2. The Morgan fingerprint density at radius 1 is 1.40 bits per heavy atom. The van der Waals surface area contributed by atoms with Crippen LogP contribution in [0, 0.1) is 18.3 Å². The van der Waals surface area contributed by atoms with Crippen LogP contribution in [0.5, 0.6) is 0 Å². The van der Waals surface area contributed by atoms with Crippen molar-refractivity contribution in [3.05, 3.63) is 47.3 Å². The average Bonchev–Trinajstić information content (AvgIpc) is 2.83. The van der Waals surface area contributed by atoms with Crippen LogP contribution in [0.4, 0.5) is 0 Å². The molecule has 0 spiro atoms. The van der Waals surface area contributed by atoms with Crippen molar-refractivity contribution in [1.29, 1.82) is 5.26 Å². The Kier molecular flexibility index (Phi) is 3.88. The molecule has 0 aliphatic carbocycles. The maximum absolute atomic E-state index is 12.2. The SMILES string of the molecule is Cc1ccc(C#N)cc1S(=O)(=O)NCc1ccn(C)n1. The van der Waals surface area contributed by atoms with E-state index in [1.165, 1.54) is 6.07 Å². The number of nitrogens with one attached hydrogen (secondary N) is 1. The Morgan fingerprint density at radius 3 is 2.75 bits per heavy atom. The maximum atomic E-state index is 12.2. The van der Waals surface area contributed by atoms with Gasteiger partial charge in [-0.1, -0.05) is 6.07 Å². The molecule has 1 heterocycles. The molecule has 0 saturated heterocycles. The lowest BCUT2D eigenvalue weighted by atomic mass is 10.2. The summed E-state index contributed by atoms with van der Waals surface area (Å²) < 4.78 is 28.6. The van der Waals surface area contributed by atoms with E-state index in [1.807, 2.05) is 6.07 Å². The topological polar surface area (TPSA) is 87.8 Å². The van der Waals surface area contributed by atoms with Crippen molar-refractivity contribution in [2.45, 2.75) is 18.4 Å². The molecule has 0 aliphatic heterocycles. The molecule has 0 atom stereocenters. The summed E-state index contributed by atoms with van der Waals surface area (Å²) in [6.07, 6.45) is 1.74. The van der Waals surface area contributed by atoms with Crippen molar-refractivity contribution < 1.29 is 8.42 Å². The first-order valence-corrected chi connectivity index (χ1v) is 7.39. The zero-order valence-corrected chi connectivity index (χ0v) is 12.0. The molecule has 104 valence electrons. The highest BCUT2D eigenvalue weighted by Crippen LogP contribution is 2.16. The van der Waals surface area contributed by atoms with E-state index in [-0.39, 0.29) is 11.4 Å². The number of nitrogens with zero attached hydrogens (tertiary/aromatic N) is 3. The van der Waals surface area contributed by atoms with Gasteiger partial charge in [-0.05, 0) is 30.7 Å². The maximum Gasteiger partial charge on any atom is 0.241 e. The number of sulfonamides is 1. The van der Waals surface area contributed by atoms with Crippen molar-refractivity contribution in [2.75, 3.05) is 0 Å². The van der Waals surface area contributed by atoms with Gasteiger partial charge in [0, 0.05) is 13.2 Å². The lowest BCUT2D eigenvalue weighted by molar-refractivity contribution is 0.579. The standard InChI is InChI=1S/C13H14N4O2S/c1-10-3-4-11(8-14)7-13(10)20(18,19)15-9-12-5-6-17(2)16-12/h3-7,15H,9H2,1-2H3. The smallest absolute Gasteiger partial charge is 0.241 e. The quantitative estimate of drug-likeness (QED) is 0.912. The van der Waals surface area contributed by atoms with Crippen molar-refractivity contribution in [2.24, 2.45) is 7.05 Å². The predicted octanol–water partition coefficient (Wildman–Crippen LogP) is 1.08. The van der Waals surface area contributed by atoms with E-state index in [9.17, 15) is 8.42 Å². The molecule has 1 N–H and O–H groups in total. The van der Waals surface area contributed by atoms with Gasteiger partial charge in [0.15, 0.2) is 0 Å². The fourth-order valence-electron chi connectivity index (χ4n) is 1.76. The van der Waals surface area contributed by atoms with Crippen molar-refractivity contribution in [3.63, 3.8) is 0 Å². The van der Waals surface area contributed by atoms with Crippen molar-refractivity contribution in [3.8, 4) is 6.07 Å². The number of aromatic nitrogens is 2. The van der Waals surface area contributed by atoms with Gasteiger partial charge in [0.1, 0.15) is 0 Å². The number of hydrogen-bond donors (Lipinski definition) is 1. The second kappa shape index (κ2) is 5.45. The molecule has 2 aromatic rings. The summed E-state index contributed by atoms with van der Waals surface area (Å²) in [5.74, 6) is 0. The first-order valence-electron chi connectivity index (χ1n) is 5.91. The van der Waals surface area contributed by atoms with E-state index in [2.05, 4.69) is 9.82 Å². The third-order valence-corrected chi connectivity index (χ3v) is 4.36. The van der Waals surface area contributed by atoms with Gasteiger partial charge in [0.05, 0.1) is 28.8 Å². The average molecular weight is 290 g/mol. The fraction of sp³-hybridized carbons (Fsp3) is 0.231. The molecular formula is C13H14N4O2S. The number of benzene rings is 1. The van der Waals surface area contributed by atoms with Crippen LogP contribution >= 0.6 is 0 Å². The van der Waals surface area contributed by atoms with Crippen LogP contribution in [0.15, 0.2) is 35.4 Å². The van der Waals surface area contributed by atoms with Crippen molar-refractivity contribution in [1.82, 2.24) is 14.5 Å². The minimum atomic E-state index is -3.66. The molecule has 0 saturated carbocycles. The summed E-state index contributed by atoms with van der Waals surface area (Å²) >= 11 is 0. The zero-order valence-electron chi connectivity index (χ0n) is 11.2. The molecule has 0 unspecified atom stereocenters. The third kappa shape index (κ3) is 3.04. The minimum Gasteiger partial charge on any atom is -0.276 e. The Hall–Kier alpha value is -2.17. The summed E-state index contributed by atoms with van der Waals surface area (Å²) in [5.41, 5.74) is 1.54. The van der Waals surface area contributed by atoms with Crippen LogP contribution in [0.25, 0.3) is 0 Å². The predicted molar refractivity (Wildman–Crippen MR) is 73.1 cm³/mol. The Morgan fingerprint density at radius 2 is 2.15 bits per heavy atom. The largest absolute Gasteiger partial charge is 0.276 e. The summed E-state index contributed by atoms with van der Waals surface area (Å²) in [4.78, 5) is 0.118. The normalized spacial score (nSPS) is 11.2. The van der Waals surface area contributed by atoms with Gasteiger partial charge in [-0.3, -0.25) is 4.68 Å². The van der Waals surface area contributed by atoms with E-state index >= 15 is 0 Å². The van der Waals surface area contributed by atoms with Crippen LogP contribution in [-0.4, -0.2) is 18.2 Å². The number of nitriles is 1. The molecule has 6 nitrogen and oxygen atoms in total. The molecule has 0 aliphatic rings. The summed E-state index contributed by atoms with van der Waals surface area (Å²) in [6, 6.07) is 8.25. The summed E-state index contributed by atoms with van der Waals surface area (Å²) in [6.45, 7) is 1.80. The van der Waals surface area contributed by atoms with Crippen molar-refractivity contribution >= 4 is 10.0 Å². The molecular weight excluding hydrogens is 276 g/mol. The second-order valence-corrected chi connectivity index (χ2v) is 6.13. The summed E-state index contributed by atoms with van der Waals surface area (Å²) in [5, 5.41) is 13.0. The fourth-order valence-corrected chi connectivity index (χ4v) is 3.03. The lowest BCUT2D eigenvalue weighted by Crippen LogP contribution is -2.24. The first-order chi connectivity index (χ1) is 9.42. The molecule has 1 aromatic carbocycles. The Balaban J connectivity index is 2.24. The number of rotatable bonds is 4. The molecule has 0 amide bonds. The van der Waals surface area contributed by atoms with E-state index in [1.54, 1.807) is 43.0 Å². The van der Waals surface area contributed by atoms with E-state index in [0.717, 1.165) is 0 Å². The van der Waals surface area contributed by atoms with Gasteiger partial charge in [-0.15, -0.1) is 0 Å². The lowest BCUT2D eigenvalue weighted by Gasteiger charge is -2.08. The van der Waals surface area contributed by atoms with Crippen LogP contribution in [-0.2, 0) is 23.6 Å². The summed E-state index contributed by atoms with van der Waals surface area (Å²) in [7, 11) is -1.90. The molecule has 1 aromatic heterocycles. The van der Waals surface area contributed by atoms with Gasteiger partial charge in [0.25, 0.3) is 0 Å². The monoisotopic (exact) mass is 290 g/mol. The molecule has 2 rings (SSSR count). The zero-order chi connectivity index (χ0) is 14.8. The number of aryl methyl sites for hydroxylation is 2. The van der Waals surface area contributed by atoms with Crippen LogP contribution in [0.1, 0.15) is 16.8 Å². The molecule has 0 fully saturated rings. The van der Waals surface area contributed by atoms with Gasteiger partial charge in [-0.25, -0.2) is 13.1 Å². The van der Waals surface area contributed by atoms with E-state index in [4.69, 9.17) is 5.26 Å². The highest BCUT2D eigenvalue weighted by atomic mass is 32.2. The minimum absolute atomic E-state index is 0.111. The van der Waals surface area contributed by atoms with Gasteiger partial charge in [0.2, 0.25) is 10.0 Å². The van der Waals surface area contributed by atoms with E-state index in [0.29, 0.717) is 16.8 Å². The molecule has 20 heavy (non-hydrogen) atoms. The highest BCUT2D eigenvalue weighted by molar-refractivity contribution is 7.89. The Bertz CT molecular complexity index is 772. The van der Waals surface area contributed by atoms with E-state index < -0.39 is 10.0 Å². The van der Waals surface area contributed by atoms with Crippen LogP contribution < -0.4 is 4.72 Å². The van der Waals surface area contributed by atoms with Gasteiger partial charge >= 0.3 is 0 Å². The molecule has 0 bridgehead atoms. The van der Waals surface area contributed by atoms with Crippen LogP contribution in [0.2, 0.25) is 0 Å². The number of hydrogen-bond acceptors (Lipinski definition) is 4. The Labute approximate surface area is 117 Å². The molecule has 7 heteroatoms. The third-order valence-electron chi connectivity index (χ3n) is 2.82. The van der Waals surface area contributed by atoms with Gasteiger partial charge < -0.3 is 0 Å². The second-order valence-electron chi connectivity index (χ2n) is 4.40. The highest BCUT2D eigenvalue weighted by Gasteiger charge is 2.17. The molecule has 0 radical (unpaired) electrons.